The predicted molar refractivity (Wildman–Crippen MR) is 90.2 cm³/mol. The van der Waals surface area contributed by atoms with Gasteiger partial charge in [0.1, 0.15) is 5.82 Å². The van der Waals surface area contributed by atoms with E-state index >= 15 is 0 Å². The van der Waals surface area contributed by atoms with Gasteiger partial charge in [-0.3, -0.25) is 4.79 Å². The number of pyridine rings is 1. The van der Waals surface area contributed by atoms with Crippen molar-refractivity contribution in [3.63, 3.8) is 0 Å². The molecule has 2 unspecified atom stereocenters. The van der Waals surface area contributed by atoms with Crippen LogP contribution in [-0.2, 0) is 0 Å². The molecule has 0 amide bonds. The van der Waals surface area contributed by atoms with Crippen LogP contribution < -0.4 is 5.43 Å². The number of aromatic nitrogens is 1. The number of benzene rings is 1. The summed E-state index contributed by atoms with van der Waals surface area (Å²) in [5.74, 6) is -0.692. The third-order valence-electron chi connectivity index (χ3n) is 4.11. The highest BCUT2D eigenvalue weighted by Crippen LogP contribution is 2.31. The van der Waals surface area contributed by atoms with Crippen LogP contribution in [0.4, 0.5) is 4.39 Å². The molecule has 1 aliphatic carbocycles. The summed E-state index contributed by atoms with van der Waals surface area (Å²) in [6.07, 6.45) is 6.69. The van der Waals surface area contributed by atoms with Gasteiger partial charge < -0.3 is 14.8 Å². The Balaban J connectivity index is 2.08. The standard InChI is InChI=1S/C19H18FNO3/c1-12(22)17-10-18(23)19(24)11-21(17)14-6-4-5-13(9-14)15-7-2-3-8-16(15)20/h2-5,7-12,14,22,24H,6H2,1H3. The second-order valence-electron chi connectivity index (χ2n) is 5.84. The first-order valence-electron chi connectivity index (χ1n) is 7.73. The number of halogens is 1. The molecule has 24 heavy (non-hydrogen) atoms. The zero-order valence-electron chi connectivity index (χ0n) is 13.2. The van der Waals surface area contributed by atoms with E-state index in [0.717, 1.165) is 5.57 Å². The van der Waals surface area contributed by atoms with Crippen molar-refractivity contribution >= 4 is 5.57 Å². The van der Waals surface area contributed by atoms with Gasteiger partial charge in [0.05, 0.1) is 24.0 Å². The van der Waals surface area contributed by atoms with Gasteiger partial charge in [-0.05, 0) is 25.0 Å². The van der Waals surface area contributed by atoms with Crippen molar-refractivity contribution in [1.82, 2.24) is 4.57 Å². The largest absolute Gasteiger partial charge is 0.503 e. The number of aliphatic hydroxyl groups excluding tert-OH is 1. The molecule has 0 aliphatic heterocycles. The van der Waals surface area contributed by atoms with E-state index in [0.29, 0.717) is 17.7 Å². The number of hydrogen-bond acceptors (Lipinski definition) is 3. The van der Waals surface area contributed by atoms with Gasteiger partial charge in [0.25, 0.3) is 0 Å². The highest BCUT2D eigenvalue weighted by atomic mass is 19.1. The third kappa shape index (κ3) is 3.03. The summed E-state index contributed by atoms with van der Waals surface area (Å²) in [7, 11) is 0. The zero-order valence-corrected chi connectivity index (χ0v) is 13.2. The molecule has 0 fully saturated rings. The number of rotatable bonds is 3. The summed E-state index contributed by atoms with van der Waals surface area (Å²) in [4.78, 5) is 11.7. The Morgan fingerprint density at radius 1 is 1.33 bits per heavy atom. The van der Waals surface area contributed by atoms with Gasteiger partial charge in [-0.15, -0.1) is 0 Å². The molecule has 0 saturated heterocycles. The van der Waals surface area contributed by atoms with Gasteiger partial charge in [-0.25, -0.2) is 4.39 Å². The van der Waals surface area contributed by atoms with Crippen LogP contribution in [0.3, 0.4) is 0 Å². The number of hydrogen-bond donors (Lipinski definition) is 2. The summed E-state index contributed by atoms with van der Waals surface area (Å²) in [6.45, 7) is 1.56. The lowest BCUT2D eigenvalue weighted by Gasteiger charge is -2.25. The van der Waals surface area contributed by atoms with Gasteiger partial charge in [0.2, 0.25) is 5.43 Å². The van der Waals surface area contributed by atoms with Gasteiger partial charge in [0, 0.05) is 11.6 Å². The Morgan fingerprint density at radius 2 is 2.08 bits per heavy atom. The summed E-state index contributed by atoms with van der Waals surface area (Å²) in [5, 5.41) is 19.7. The SMILES string of the molecule is CC(O)c1cc(=O)c(O)cn1C1C=C(c2ccccc2F)C=CC1. The van der Waals surface area contributed by atoms with E-state index in [1.165, 1.54) is 18.3 Å². The fraction of sp³-hybridized carbons (Fsp3) is 0.211. The molecule has 4 nitrogen and oxygen atoms in total. The zero-order chi connectivity index (χ0) is 17.3. The molecule has 1 aromatic carbocycles. The minimum Gasteiger partial charge on any atom is -0.503 e. The molecule has 1 heterocycles. The molecule has 0 bridgehead atoms. The van der Waals surface area contributed by atoms with Gasteiger partial charge in [-0.2, -0.15) is 0 Å². The van der Waals surface area contributed by atoms with E-state index in [4.69, 9.17) is 0 Å². The lowest BCUT2D eigenvalue weighted by atomic mass is 9.95. The van der Waals surface area contributed by atoms with Crippen molar-refractivity contribution in [2.24, 2.45) is 0 Å². The van der Waals surface area contributed by atoms with E-state index in [2.05, 4.69) is 0 Å². The lowest BCUT2D eigenvalue weighted by molar-refractivity contribution is 0.186. The molecule has 0 spiro atoms. The maximum absolute atomic E-state index is 14.0. The molecule has 2 atom stereocenters. The van der Waals surface area contributed by atoms with Crippen molar-refractivity contribution in [2.75, 3.05) is 0 Å². The second-order valence-corrected chi connectivity index (χ2v) is 5.84. The van der Waals surface area contributed by atoms with Gasteiger partial charge in [0.15, 0.2) is 5.75 Å². The Hall–Kier alpha value is -2.66. The highest BCUT2D eigenvalue weighted by Gasteiger charge is 2.19. The van der Waals surface area contributed by atoms with Crippen LogP contribution in [0.25, 0.3) is 5.57 Å². The van der Waals surface area contributed by atoms with Crippen LogP contribution in [0.2, 0.25) is 0 Å². The maximum atomic E-state index is 14.0. The molecule has 5 heteroatoms. The van der Waals surface area contributed by atoms with Crippen molar-refractivity contribution < 1.29 is 14.6 Å². The topological polar surface area (TPSA) is 62.5 Å². The van der Waals surface area contributed by atoms with Crippen molar-refractivity contribution in [3.05, 3.63) is 82.1 Å². The first-order chi connectivity index (χ1) is 11.5. The van der Waals surface area contributed by atoms with Gasteiger partial charge in [-0.1, -0.05) is 36.4 Å². The van der Waals surface area contributed by atoms with E-state index in [1.807, 2.05) is 18.2 Å². The molecule has 1 aliphatic rings. The molecule has 2 N–H and O–H groups in total. The molecular formula is C19H18FNO3. The van der Waals surface area contributed by atoms with Crippen LogP contribution in [0, 0.1) is 5.82 Å². The molecule has 0 radical (unpaired) electrons. The third-order valence-corrected chi connectivity index (χ3v) is 4.11. The van der Waals surface area contributed by atoms with Gasteiger partial charge >= 0.3 is 0 Å². The van der Waals surface area contributed by atoms with Crippen LogP contribution >= 0.6 is 0 Å². The number of aliphatic hydroxyl groups is 1. The van der Waals surface area contributed by atoms with E-state index in [1.54, 1.807) is 29.7 Å². The van der Waals surface area contributed by atoms with E-state index in [9.17, 15) is 19.4 Å². The average Bonchev–Trinajstić information content (AvgIpc) is 2.57. The highest BCUT2D eigenvalue weighted by molar-refractivity contribution is 5.75. The molecule has 3 rings (SSSR count). The summed E-state index contributed by atoms with van der Waals surface area (Å²) in [5.41, 5.74) is 1.08. The van der Waals surface area contributed by atoms with Crippen molar-refractivity contribution in [1.29, 1.82) is 0 Å². The monoisotopic (exact) mass is 327 g/mol. The average molecular weight is 327 g/mol. The number of aromatic hydroxyl groups is 1. The number of nitrogens with zero attached hydrogens (tertiary/aromatic N) is 1. The van der Waals surface area contributed by atoms with Crippen molar-refractivity contribution in [2.45, 2.75) is 25.5 Å². The first-order valence-corrected chi connectivity index (χ1v) is 7.73. The van der Waals surface area contributed by atoms with Crippen molar-refractivity contribution in [3.8, 4) is 5.75 Å². The summed E-state index contributed by atoms with van der Waals surface area (Å²) >= 11 is 0. The minimum atomic E-state index is -0.866. The van der Waals surface area contributed by atoms with Crippen LogP contribution in [-0.4, -0.2) is 14.8 Å². The predicted octanol–water partition coefficient (Wildman–Crippen LogP) is 3.33. The normalized spacial score (nSPS) is 18.3. The fourth-order valence-corrected chi connectivity index (χ4v) is 2.91. The number of allylic oxidation sites excluding steroid dienone is 4. The first kappa shape index (κ1) is 16.2. The summed E-state index contributed by atoms with van der Waals surface area (Å²) in [6, 6.07) is 7.50. The Labute approximate surface area is 138 Å². The van der Waals surface area contributed by atoms with Crippen LogP contribution in [0.5, 0.6) is 5.75 Å². The Bertz CT molecular complexity index is 880. The van der Waals surface area contributed by atoms with Crippen LogP contribution in [0.15, 0.2) is 59.6 Å². The smallest absolute Gasteiger partial charge is 0.223 e. The fourth-order valence-electron chi connectivity index (χ4n) is 2.91. The Kier molecular flexibility index (Phi) is 4.36. The molecule has 2 aromatic rings. The molecule has 0 saturated carbocycles. The van der Waals surface area contributed by atoms with Crippen LogP contribution in [0.1, 0.15) is 36.7 Å². The maximum Gasteiger partial charge on any atom is 0.223 e. The van der Waals surface area contributed by atoms with E-state index in [-0.39, 0.29) is 17.6 Å². The Morgan fingerprint density at radius 3 is 2.79 bits per heavy atom. The minimum absolute atomic E-state index is 0.235. The molecule has 124 valence electrons. The molecule has 1 aromatic heterocycles. The molecular weight excluding hydrogens is 309 g/mol. The second kappa shape index (κ2) is 6.45. The van der Waals surface area contributed by atoms with E-state index < -0.39 is 11.5 Å². The summed E-state index contributed by atoms with van der Waals surface area (Å²) < 4.78 is 15.7. The quantitative estimate of drug-likeness (QED) is 0.909. The lowest BCUT2D eigenvalue weighted by Crippen LogP contribution is -2.18.